The van der Waals surface area contributed by atoms with E-state index in [2.05, 4.69) is 0 Å². The Bertz CT molecular complexity index is 533. The number of esters is 2. The highest BCUT2D eigenvalue weighted by Gasteiger charge is 2.17. The molecule has 0 N–H and O–H groups in total. The molecule has 4 heteroatoms. The monoisotopic (exact) mass is 290 g/mol. The van der Waals surface area contributed by atoms with Crippen LogP contribution in [0.4, 0.5) is 0 Å². The van der Waals surface area contributed by atoms with Crippen molar-refractivity contribution in [3.8, 4) is 0 Å². The van der Waals surface area contributed by atoms with E-state index < -0.39 is 5.60 Å². The molecule has 0 unspecified atom stereocenters. The summed E-state index contributed by atoms with van der Waals surface area (Å²) in [7, 11) is 0. The van der Waals surface area contributed by atoms with Crippen molar-refractivity contribution < 1.29 is 19.1 Å². The van der Waals surface area contributed by atoms with Crippen LogP contribution in [0, 0.1) is 0 Å². The molecular weight excluding hydrogens is 268 g/mol. The van der Waals surface area contributed by atoms with Crippen LogP contribution >= 0.6 is 0 Å². The van der Waals surface area contributed by atoms with Crippen molar-refractivity contribution in [2.45, 2.75) is 40.2 Å². The third-order valence-corrected chi connectivity index (χ3v) is 2.53. The SMILES string of the molecule is CCOC(=O)C(C)=Cc1ccc(C(=O)OC(C)(C)C)cc1. The zero-order valence-corrected chi connectivity index (χ0v) is 13.2. The maximum atomic E-state index is 11.9. The lowest BCUT2D eigenvalue weighted by molar-refractivity contribution is -0.138. The summed E-state index contributed by atoms with van der Waals surface area (Å²) in [4.78, 5) is 23.4. The average molecular weight is 290 g/mol. The lowest BCUT2D eigenvalue weighted by atomic mass is 10.1. The van der Waals surface area contributed by atoms with Gasteiger partial charge in [0.05, 0.1) is 12.2 Å². The molecule has 0 bridgehead atoms. The molecular formula is C17H22O4. The number of hydrogen-bond donors (Lipinski definition) is 0. The largest absolute Gasteiger partial charge is 0.463 e. The minimum absolute atomic E-state index is 0.339. The van der Waals surface area contributed by atoms with E-state index in [1.54, 1.807) is 44.2 Å². The van der Waals surface area contributed by atoms with E-state index in [-0.39, 0.29) is 11.9 Å². The van der Waals surface area contributed by atoms with Crippen LogP contribution in [-0.4, -0.2) is 24.1 Å². The minimum Gasteiger partial charge on any atom is -0.463 e. The first-order valence-electron chi connectivity index (χ1n) is 6.92. The van der Waals surface area contributed by atoms with Gasteiger partial charge in [0.2, 0.25) is 0 Å². The molecule has 4 nitrogen and oxygen atoms in total. The maximum Gasteiger partial charge on any atom is 0.338 e. The van der Waals surface area contributed by atoms with Crippen molar-refractivity contribution >= 4 is 18.0 Å². The molecule has 0 radical (unpaired) electrons. The topological polar surface area (TPSA) is 52.6 Å². The van der Waals surface area contributed by atoms with Gasteiger partial charge in [0.15, 0.2) is 0 Å². The minimum atomic E-state index is -0.518. The van der Waals surface area contributed by atoms with Gasteiger partial charge in [-0.05, 0) is 58.4 Å². The van der Waals surface area contributed by atoms with Gasteiger partial charge in [-0.15, -0.1) is 0 Å². The van der Waals surface area contributed by atoms with Crippen molar-refractivity contribution in [1.82, 2.24) is 0 Å². The Hall–Kier alpha value is -2.10. The second kappa shape index (κ2) is 7.07. The fraction of sp³-hybridized carbons (Fsp3) is 0.412. The van der Waals surface area contributed by atoms with E-state index in [0.29, 0.717) is 17.7 Å². The summed E-state index contributed by atoms with van der Waals surface area (Å²) >= 11 is 0. The number of carbonyl (C=O) groups excluding carboxylic acids is 2. The predicted molar refractivity (Wildman–Crippen MR) is 81.9 cm³/mol. The zero-order chi connectivity index (χ0) is 16.0. The zero-order valence-electron chi connectivity index (χ0n) is 13.2. The molecule has 0 atom stereocenters. The quantitative estimate of drug-likeness (QED) is 0.628. The van der Waals surface area contributed by atoms with E-state index >= 15 is 0 Å². The Balaban J connectivity index is 2.81. The second-order valence-electron chi connectivity index (χ2n) is 5.67. The second-order valence-corrected chi connectivity index (χ2v) is 5.67. The Morgan fingerprint density at radius 2 is 1.71 bits per heavy atom. The Morgan fingerprint density at radius 1 is 1.14 bits per heavy atom. The number of hydrogen-bond acceptors (Lipinski definition) is 4. The van der Waals surface area contributed by atoms with Crippen LogP contribution in [0.15, 0.2) is 29.8 Å². The van der Waals surface area contributed by atoms with Gasteiger partial charge >= 0.3 is 11.9 Å². The number of carbonyl (C=O) groups is 2. The van der Waals surface area contributed by atoms with Gasteiger partial charge in [-0.3, -0.25) is 0 Å². The van der Waals surface area contributed by atoms with Gasteiger partial charge in [-0.25, -0.2) is 9.59 Å². The Labute approximate surface area is 125 Å². The van der Waals surface area contributed by atoms with Gasteiger partial charge in [0.25, 0.3) is 0 Å². The van der Waals surface area contributed by atoms with Gasteiger partial charge in [-0.1, -0.05) is 12.1 Å². The molecule has 1 aromatic rings. The maximum absolute atomic E-state index is 11.9. The van der Waals surface area contributed by atoms with Gasteiger partial charge in [0.1, 0.15) is 5.60 Å². The Morgan fingerprint density at radius 3 is 2.19 bits per heavy atom. The standard InChI is InChI=1S/C17H22O4/c1-6-20-15(18)12(2)11-13-7-9-14(10-8-13)16(19)21-17(3,4)5/h7-11H,6H2,1-5H3. The molecule has 0 aromatic heterocycles. The molecule has 21 heavy (non-hydrogen) atoms. The summed E-state index contributed by atoms with van der Waals surface area (Å²) in [6.45, 7) is 9.28. The van der Waals surface area contributed by atoms with E-state index in [4.69, 9.17) is 9.47 Å². The number of benzene rings is 1. The normalized spacial score (nSPS) is 12.0. The van der Waals surface area contributed by atoms with E-state index in [0.717, 1.165) is 5.56 Å². The number of ether oxygens (including phenoxy) is 2. The summed E-state index contributed by atoms with van der Waals surface area (Å²) in [5.41, 5.74) is 1.31. The summed E-state index contributed by atoms with van der Waals surface area (Å²) in [6, 6.07) is 6.89. The van der Waals surface area contributed by atoms with Crippen molar-refractivity contribution in [2.24, 2.45) is 0 Å². The predicted octanol–water partition coefficient (Wildman–Crippen LogP) is 3.61. The van der Waals surface area contributed by atoms with Crippen molar-refractivity contribution in [1.29, 1.82) is 0 Å². The summed E-state index contributed by atoms with van der Waals surface area (Å²) in [6.07, 6.45) is 1.72. The van der Waals surface area contributed by atoms with E-state index in [1.807, 2.05) is 20.8 Å². The number of rotatable bonds is 4. The van der Waals surface area contributed by atoms with E-state index in [1.165, 1.54) is 0 Å². The summed E-state index contributed by atoms with van der Waals surface area (Å²) in [5, 5.41) is 0. The van der Waals surface area contributed by atoms with Crippen LogP contribution in [0.2, 0.25) is 0 Å². The molecule has 0 aliphatic heterocycles. The van der Waals surface area contributed by atoms with Crippen molar-refractivity contribution in [3.63, 3.8) is 0 Å². The highest BCUT2D eigenvalue weighted by Crippen LogP contribution is 2.14. The van der Waals surface area contributed by atoms with Crippen molar-refractivity contribution in [3.05, 3.63) is 41.0 Å². The van der Waals surface area contributed by atoms with Gasteiger partial charge in [0, 0.05) is 5.57 Å². The molecule has 0 fully saturated rings. The average Bonchev–Trinajstić information content (AvgIpc) is 2.37. The first-order valence-corrected chi connectivity index (χ1v) is 6.92. The molecule has 1 rings (SSSR count). The molecule has 114 valence electrons. The molecule has 0 saturated carbocycles. The molecule has 0 amide bonds. The first-order chi connectivity index (χ1) is 9.73. The highest BCUT2D eigenvalue weighted by molar-refractivity contribution is 5.93. The fourth-order valence-corrected chi connectivity index (χ4v) is 1.61. The van der Waals surface area contributed by atoms with Crippen LogP contribution in [0.3, 0.4) is 0 Å². The van der Waals surface area contributed by atoms with Gasteiger partial charge < -0.3 is 9.47 Å². The third-order valence-electron chi connectivity index (χ3n) is 2.53. The lowest BCUT2D eigenvalue weighted by Crippen LogP contribution is -2.23. The van der Waals surface area contributed by atoms with Crippen LogP contribution in [-0.2, 0) is 14.3 Å². The third kappa shape index (κ3) is 5.81. The molecule has 0 saturated heterocycles. The van der Waals surface area contributed by atoms with Crippen LogP contribution in [0.1, 0.15) is 50.5 Å². The highest BCUT2D eigenvalue weighted by atomic mass is 16.6. The summed E-state index contributed by atoms with van der Waals surface area (Å²) < 4.78 is 10.2. The molecule has 0 aliphatic carbocycles. The fourth-order valence-electron chi connectivity index (χ4n) is 1.61. The molecule has 1 aromatic carbocycles. The van der Waals surface area contributed by atoms with Crippen LogP contribution in [0.25, 0.3) is 6.08 Å². The molecule has 0 aliphatic rings. The lowest BCUT2D eigenvalue weighted by Gasteiger charge is -2.19. The first kappa shape index (κ1) is 17.0. The van der Waals surface area contributed by atoms with Crippen LogP contribution in [0.5, 0.6) is 0 Å². The van der Waals surface area contributed by atoms with Crippen molar-refractivity contribution in [2.75, 3.05) is 6.61 Å². The summed E-state index contributed by atoms with van der Waals surface area (Å²) in [5.74, 6) is -0.700. The molecule has 0 heterocycles. The van der Waals surface area contributed by atoms with E-state index in [9.17, 15) is 9.59 Å². The Kier molecular flexibility index (Phi) is 5.70. The smallest absolute Gasteiger partial charge is 0.338 e. The molecule has 0 spiro atoms. The van der Waals surface area contributed by atoms with Crippen LogP contribution < -0.4 is 0 Å². The van der Waals surface area contributed by atoms with Gasteiger partial charge in [-0.2, -0.15) is 0 Å².